The van der Waals surface area contributed by atoms with Gasteiger partial charge in [0.2, 0.25) is 12.7 Å². The maximum atomic E-state index is 13.4. The molecule has 0 bridgehead atoms. The van der Waals surface area contributed by atoms with Gasteiger partial charge in [-0.25, -0.2) is 0 Å². The van der Waals surface area contributed by atoms with Crippen LogP contribution >= 0.6 is 0 Å². The van der Waals surface area contributed by atoms with E-state index in [0.717, 1.165) is 35.1 Å². The van der Waals surface area contributed by atoms with E-state index in [0.29, 0.717) is 36.8 Å². The number of nitrogens with one attached hydrogen (secondary N) is 1. The largest absolute Gasteiger partial charge is 0.454 e. The lowest BCUT2D eigenvalue weighted by atomic mass is 9.97. The van der Waals surface area contributed by atoms with Crippen molar-refractivity contribution >= 4 is 11.8 Å². The fourth-order valence-electron chi connectivity index (χ4n) is 5.01. The Morgan fingerprint density at radius 3 is 2.60 bits per heavy atom. The third-order valence-electron chi connectivity index (χ3n) is 6.62. The van der Waals surface area contributed by atoms with Gasteiger partial charge < -0.3 is 24.2 Å². The second-order valence-corrected chi connectivity index (χ2v) is 9.27. The SMILES string of the molecule is Cc1cc(C)c(-c2cc(C(=O)N3CCCCC3C(=O)NCc3ccc4c(c3)OCO4)no2)c(C)c1. The lowest BCUT2D eigenvalue weighted by molar-refractivity contribution is -0.126. The number of amides is 2. The quantitative estimate of drug-likeness (QED) is 0.591. The first-order valence-electron chi connectivity index (χ1n) is 11.9. The van der Waals surface area contributed by atoms with Crippen molar-refractivity contribution in [1.29, 1.82) is 0 Å². The number of carbonyl (C=O) groups is 2. The van der Waals surface area contributed by atoms with Gasteiger partial charge in [-0.3, -0.25) is 9.59 Å². The highest BCUT2D eigenvalue weighted by Gasteiger charge is 2.34. The Hall–Kier alpha value is -3.81. The van der Waals surface area contributed by atoms with Crippen molar-refractivity contribution in [3.63, 3.8) is 0 Å². The molecule has 0 aliphatic carbocycles. The number of hydrogen-bond acceptors (Lipinski definition) is 6. The Labute approximate surface area is 204 Å². The zero-order valence-corrected chi connectivity index (χ0v) is 20.2. The summed E-state index contributed by atoms with van der Waals surface area (Å²) in [6, 6.07) is 10.9. The molecule has 3 aromatic rings. The molecule has 2 aliphatic heterocycles. The summed E-state index contributed by atoms with van der Waals surface area (Å²) in [5, 5.41) is 7.04. The first kappa shape index (κ1) is 23.0. The lowest BCUT2D eigenvalue weighted by Crippen LogP contribution is -2.51. The van der Waals surface area contributed by atoms with Gasteiger partial charge in [-0.15, -0.1) is 0 Å². The molecule has 5 rings (SSSR count). The van der Waals surface area contributed by atoms with E-state index in [4.69, 9.17) is 14.0 Å². The van der Waals surface area contributed by atoms with E-state index in [1.54, 1.807) is 11.0 Å². The first-order chi connectivity index (χ1) is 16.9. The minimum Gasteiger partial charge on any atom is -0.454 e. The molecule has 8 heteroatoms. The molecule has 2 amide bonds. The summed E-state index contributed by atoms with van der Waals surface area (Å²) in [4.78, 5) is 28.1. The predicted octanol–water partition coefficient (Wildman–Crippen LogP) is 4.31. The van der Waals surface area contributed by atoms with Gasteiger partial charge in [0.05, 0.1) is 0 Å². The van der Waals surface area contributed by atoms with Gasteiger partial charge in [0, 0.05) is 24.7 Å². The number of fused-ring (bicyclic) bond motifs is 1. The molecule has 182 valence electrons. The van der Waals surface area contributed by atoms with Crippen LogP contribution in [0.4, 0.5) is 0 Å². The Bertz CT molecular complexity index is 1260. The summed E-state index contributed by atoms with van der Waals surface area (Å²) < 4.78 is 16.3. The van der Waals surface area contributed by atoms with Crippen LogP contribution < -0.4 is 14.8 Å². The van der Waals surface area contributed by atoms with Gasteiger partial charge in [0.25, 0.3) is 5.91 Å². The predicted molar refractivity (Wildman–Crippen MR) is 129 cm³/mol. The molecule has 1 unspecified atom stereocenters. The molecule has 1 atom stereocenters. The van der Waals surface area contributed by atoms with Gasteiger partial charge >= 0.3 is 0 Å². The molecule has 1 saturated heterocycles. The van der Waals surface area contributed by atoms with Crippen LogP contribution in [0, 0.1) is 20.8 Å². The van der Waals surface area contributed by atoms with Crippen molar-refractivity contribution in [2.24, 2.45) is 0 Å². The highest BCUT2D eigenvalue weighted by molar-refractivity contribution is 5.97. The average Bonchev–Trinajstić information content (AvgIpc) is 3.51. The summed E-state index contributed by atoms with van der Waals surface area (Å²) in [5.74, 6) is 1.47. The fraction of sp³-hybridized carbons (Fsp3) is 0.370. The summed E-state index contributed by atoms with van der Waals surface area (Å²) in [5.41, 5.74) is 5.37. The molecule has 2 aliphatic rings. The Morgan fingerprint density at radius 1 is 1.03 bits per heavy atom. The number of ether oxygens (including phenoxy) is 2. The van der Waals surface area contributed by atoms with E-state index in [1.165, 1.54) is 5.56 Å². The average molecular weight is 476 g/mol. The minimum absolute atomic E-state index is 0.176. The zero-order valence-electron chi connectivity index (χ0n) is 20.2. The van der Waals surface area contributed by atoms with E-state index in [9.17, 15) is 9.59 Å². The fourth-order valence-corrected chi connectivity index (χ4v) is 5.01. The molecule has 0 radical (unpaired) electrons. The van der Waals surface area contributed by atoms with Crippen LogP contribution in [-0.2, 0) is 11.3 Å². The van der Waals surface area contributed by atoms with E-state index in [-0.39, 0.29) is 24.3 Å². The number of aromatic nitrogens is 1. The Balaban J connectivity index is 1.30. The van der Waals surface area contributed by atoms with Gasteiger partial charge in [0.1, 0.15) is 6.04 Å². The summed E-state index contributed by atoms with van der Waals surface area (Å²) >= 11 is 0. The van der Waals surface area contributed by atoms with Crippen molar-refractivity contribution in [2.45, 2.75) is 52.6 Å². The number of piperidine rings is 1. The lowest BCUT2D eigenvalue weighted by Gasteiger charge is -2.34. The van der Waals surface area contributed by atoms with Crippen molar-refractivity contribution in [3.05, 3.63) is 64.3 Å². The number of nitrogens with zero attached hydrogens (tertiary/aromatic N) is 2. The third kappa shape index (κ3) is 4.60. The van der Waals surface area contributed by atoms with Crippen LogP contribution in [0.2, 0.25) is 0 Å². The molecule has 35 heavy (non-hydrogen) atoms. The molecule has 0 spiro atoms. The van der Waals surface area contributed by atoms with Crippen LogP contribution in [0.3, 0.4) is 0 Å². The molecule has 1 fully saturated rings. The van der Waals surface area contributed by atoms with Gasteiger partial charge in [-0.05, 0) is 68.9 Å². The molecular formula is C27H29N3O5. The van der Waals surface area contributed by atoms with Crippen molar-refractivity contribution < 1.29 is 23.6 Å². The number of benzene rings is 2. The van der Waals surface area contributed by atoms with E-state index < -0.39 is 6.04 Å². The molecule has 8 nitrogen and oxygen atoms in total. The number of likely N-dealkylation sites (tertiary alicyclic amines) is 1. The maximum absolute atomic E-state index is 13.4. The highest BCUT2D eigenvalue weighted by Crippen LogP contribution is 2.33. The van der Waals surface area contributed by atoms with Gasteiger partial charge in [-0.2, -0.15) is 0 Å². The smallest absolute Gasteiger partial charge is 0.276 e. The third-order valence-corrected chi connectivity index (χ3v) is 6.62. The molecule has 2 aromatic carbocycles. The van der Waals surface area contributed by atoms with E-state index >= 15 is 0 Å². The molecule has 1 N–H and O–H groups in total. The Morgan fingerprint density at radius 2 is 1.80 bits per heavy atom. The van der Waals surface area contributed by atoms with Crippen molar-refractivity contribution in [2.75, 3.05) is 13.3 Å². The topological polar surface area (TPSA) is 93.9 Å². The van der Waals surface area contributed by atoms with Crippen LogP contribution in [-0.4, -0.2) is 41.3 Å². The monoisotopic (exact) mass is 475 g/mol. The van der Waals surface area contributed by atoms with E-state index in [1.807, 2.05) is 39.0 Å². The maximum Gasteiger partial charge on any atom is 0.276 e. The number of aryl methyl sites for hydroxylation is 3. The molecule has 0 saturated carbocycles. The summed E-state index contributed by atoms with van der Waals surface area (Å²) in [6.07, 6.45) is 2.34. The number of hydrogen-bond donors (Lipinski definition) is 1. The van der Waals surface area contributed by atoms with Crippen LogP contribution in [0.15, 0.2) is 40.9 Å². The summed E-state index contributed by atoms with van der Waals surface area (Å²) in [7, 11) is 0. The zero-order chi connectivity index (χ0) is 24.5. The first-order valence-corrected chi connectivity index (χ1v) is 11.9. The molecule has 1 aromatic heterocycles. The van der Waals surface area contributed by atoms with Crippen LogP contribution in [0.1, 0.15) is 52.0 Å². The van der Waals surface area contributed by atoms with E-state index in [2.05, 4.69) is 22.6 Å². The van der Waals surface area contributed by atoms with Crippen LogP contribution in [0.5, 0.6) is 11.5 Å². The summed E-state index contributed by atoms with van der Waals surface area (Å²) in [6.45, 7) is 7.14. The number of rotatable bonds is 5. The van der Waals surface area contributed by atoms with Crippen LogP contribution in [0.25, 0.3) is 11.3 Å². The van der Waals surface area contributed by atoms with Crippen molar-refractivity contribution in [1.82, 2.24) is 15.4 Å². The van der Waals surface area contributed by atoms with Gasteiger partial charge in [0.15, 0.2) is 23.0 Å². The molecular weight excluding hydrogens is 446 g/mol. The Kier molecular flexibility index (Phi) is 6.19. The second kappa shape index (κ2) is 9.44. The number of carbonyl (C=O) groups excluding carboxylic acids is 2. The standard InChI is InChI=1S/C27H29N3O5/c1-16-10-17(2)25(18(3)11-16)24-13-20(29-35-24)27(32)30-9-5-4-6-21(30)26(31)28-14-19-7-8-22-23(12-19)34-15-33-22/h7-8,10-13,21H,4-6,9,14-15H2,1-3H3,(H,28,31). The van der Waals surface area contributed by atoms with Gasteiger partial charge in [-0.1, -0.05) is 28.9 Å². The second-order valence-electron chi connectivity index (χ2n) is 9.27. The normalized spacial score (nSPS) is 16.9. The van der Waals surface area contributed by atoms with Crippen molar-refractivity contribution in [3.8, 4) is 22.8 Å². The highest BCUT2D eigenvalue weighted by atomic mass is 16.7. The minimum atomic E-state index is -0.548. The molecule has 3 heterocycles.